The Labute approximate surface area is 292 Å². The third kappa shape index (κ3) is 39.2. The summed E-state index contributed by atoms with van der Waals surface area (Å²) in [5, 5.41) is 21.0. The maximum absolute atomic E-state index is 10.5. The van der Waals surface area contributed by atoms with Gasteiger partial charge in [-0.25, -0.2) is 0 Å². The van der Waals surface area contributed by atoms with Gasteiger partial charge in [0.05, 0.1) is 0 Å². The fourth-order valence-corrected chi connectivity index (χ4v) is 6.17. The van der Waals surface area contributed by atoms with Gasteiger partial charge in [0.1, 0.15) is 0 Å². The third-order valence-electron chi connectivity index (χ3n) is 6.82. The molecule has 0 aromatic carbocycles. The number of aliphatic carboxylic acids is 2. The Balaban J connectivity index is -0.000000648. The molecule has 2 atom stereocenters. The van der Waals surface area contributed by atoms with E-state index in [1.165, 1.54) is 128 Å². The maximum Gasteiger partial charge on any atom is 2.00 e. The molecule has 2 unspecified atom stereocenters. The summed E-state index contributed by atoms with van der Waals surface area (Å²) in [5.74, 6) is 1.11. The molecule has 39 heavy (non-hydrogen) atoms. The Kier molecular flexibility index (Phi) is 42.6. The average molecular weight is 712 g/mol. The number of rotatable bonds is 28. The normalized spacial score (nSPS) is 12.2. The molecule has 0 aliphatic carbocycles. The van der Waals surface area contributed by atoms with Crippen LogP contribution >= 0.6 is 23.5 Å². The maximum atomic E-state index is 10.5. The Morgan fingerprint density at radius 2 is 0.718 bits per heavy atom. The van der Waals surface area contributed by atoms with Crippen LogP contribution in [-0.2, 0) is 9.59 Å². The van der Waals surface area contributed by atoms with E-state index in [0.29, 0.717) is 11.5 Å². The molecular formula is C32H62BaO4S2. The van der Waals surface area contributed by atoms with Crippen LogP contribution in [0.2, 0.25) is 0 Å². The monoisotopic (exact) mass is 712 g/mol. The van der Waals surface area contributed by atoms with E-state index in [2.05, 4.69) is 13.8 Å². The minimum absolute atomic E-state index is 0. The van der Waals surface area contributed by atoms with Crippen molar-refractivity contribution in [2.24, 2.45) is 11.8 Å². The van der Waals surface area contributed by atoms with Gasteiger partial charge >= 0.3 is 48.9 Å². The van der Waals surface area contributed by atoms with Crippen molar-refractivity contribution in [2.45, 2.75) is 156 Å². The second-order valence-electron chi connectivity index (χ2n) is 11.0. The second-order valence-corrected chi connectivity index (χ2v) is 13.3. The van der Waals surface area contributed by atoms with Gasteiger partial charge in [-0.1, -0.05) is 143 Å². The summed E-state index contributed by atoms with van der Waals surface area (Å²) in [7, 11) is 0. The summed E-state index contributed by atoms with van der Waals surface area (Å²) in [6.07, 6.45) is 27.1. The summed E-state index contributed by atoms with van der Waals surface area (Å²) in [6, 6.07) is 0. The van der Waals surface area contributed by atoms with E-state index in [1.54, 1.807) is 37.4 Å². The van der Waals surface area contributed by atoms with Crippen molar-refractivity contribution in [2.75, 3.05) is 23.0 Å². The Morgan fingerprint density at radius 3 is 0.949 bits per heavy atom. The summed E-state index contributed by atoms with van der Waals surface area (Å²) < 4.78 is 0. The Hall–Kier alpha value is 1.21. The molecule has 0 heterocycles. The van der Waals surface area contributed by atoms with E-state index in [9.17, 15) is 19.8 Å². The number of carbonyl (C=O) groups excluding carboxylic acids is 2. The minimum atomic E-state index is -0.921. The van der Waals surface area contributed by atoms with Crippen LogP contribution in [-0.4, -0.2) is 83.8 Å². The fourth-order valence-electron chi connectivity index (χ4n) is 4.04. The molecule has 0 aromatic rings. The van der Waals surface area contributed by atoms with Gasteiger partial charge in [-0.3, -0.25) is 0 Å². The number of unbranched alkanes of at least 4 members (excludes halogenated alkanes) is 18. The first-order chi connectivity index (χ1) is 18.4. The SMILES string of the molecule is CCCCCCCCCCCCSCC(C)C(=O)[O-].CCCCCCCCCCCCSCC(C)C(=O)[O-].[Ba+2]. The number of thioether (sulfide) groups is 2. The molecule has 0 N–H and O–H groups in total. The van der Waals surface area contributed by atoms with E-state index in [1.807, 2.05) is 0 Å². The largest absolute Gasteiger partial charge is 2.00 e. The molecular weight excluding hydrogens is 650 g/mol. The fraction of sp³-hybridized carbons (Fsp3) is 0.938. The van der Waals surface area contributed by atoms with Crippen LogP contribution in [0.4, 0.5) is 0 Å². The first-order valence-electron chi connectivity index (χ1n) is 15.9. The molecule has 0 radical (unpaired) electrons. The van der Waals surface area contributed by atoms with Crippen molar-refractivity contribution >= 4 is 84.3 Å². The van der Waals surface area contributed by atoms with Crippen molar-refractivity contribution in [3.05, 3.63) is 0 Å². The molecule has 4 nitrogen and oxygen atoms in total. The Morgan fingerprint density at radius 1 is 0.487 bits per heavy atom. The molecule has 0 aliphatic heterocycles. The summed E-state index contributed by atoms with van der Waals surface area (Å²) in [5.41, 5.74) is 0. The van der Waals surface area contributed by atoms with Gasteiger partial charge in [0, 0.05) is 35.3 Å². The zero-order chi connectivity index (χ0) is 28.7. The van der Waals surface area contributed by atoms with Gasteiger partial charge in [-0.15, -0.1) is 0 Å². The average Bonchev–Trinajstić information content (AvgIpc) is 2.89. The Bertz CT molecular complexity index is 465. The predicted molar refractivity (Wildman–Crippen MR) is 172 cm³/mol. The van der Waals surface area contributed by atoms with E-state index in [0.717, 1.165) is 11.5 Å². The van der Waals surface area contributed by atoms with Crippen molar-refractivity contribution in [1.29, 1.82) is 0 Å². The van der Waals surface area contributed by atoms with E-state index < -0.39 is 11.9 Å². The number of carboxylic acid groups (broad SMARTS) is 2. The van der Waals surface area contributed by atoms with E-state index in [-0.39, 0.29) is 60.7 Å². The van der Waals surface area contributed by atoms with Crippen LogP contribution in [0.25, 0.3) is 0 Å². The van der Waals surface area contributed by atoms with Gasteiger partial charge in [0.15, 0.2) is 0 Å². The molecule has 0 rings (SSSR count). The number of hydrogen-bond acceptors (Lipinski definition) is 6. The smallest absolute Gasteiger partial charge is 0.550 e. The molecule has 0 fully saturated rings. The molecule has 228 valence electrons. The quantitative estimate of drug-likeness (QED) is 0.0612. The minimum Gasteiger partial charge on any atom is -0.550 e. The van der Waals surface area contributed by atoms with Gasteiger partial charge in [0.2, 0.25) is 0 Å². The summed E-state index contributed by atoms with van der Waals surface area (Å²) in [4.78, 5) is 21.0. The van der Waals surface area contributed by atoms with Crippen LogP contribution in [0.3, 0.4) is 0 Å². The van der Waals surface area contributed by atoms with Crippen LogP contribution < -0.4 is 10.2 Å². The van der Waals surface area contributed by atoms with Crippen LogP contribution in [0, 0.1) is 11.8 Å². The molecule has 0 saturated carbocycles. The van der Waals surface area contributed by atoms with Crippen molar-refractivity contribution in [1.82, 2.24) is 0 Å². The zero-order valence-electron chi connectivity index (χ0n) is 26.3. The van der Waals surface area contributed by atoms with E-state index >= 15 is 0 Å². The second kappa shape index (κ2) is 37.2. The van der Waals surface area contributed by atoms with Gasteiger partial charge in [-0.2, -0.15) is 23.5 Å². The summed E-state index contributed by atoms with van der Waals surface area (Å²) in [6.45, 7) is 7.96. The predicted octanol–water partition coefficient (Wildman–Crippen LogP) is 7.67. The number of carbonyl (C=O) groups is 2. The topological polar surface area (TPSA) is 80.3 Å². The standard InChI is InChI=1S/2C16H32O2S.Ba/c2*1-3-4-5-6-7-8-9-10-11-12-13-19-14-15(2)16(17)18;/h2*15H,3-14H2,1-2H3,(H,17,18);/q;;+2/p-2. The third-order valence-corrected chi connectivity index (χ3v) is 9.45. The molecule has 0 saturated heterocycles. The first kappa shape index (κ1) is 44.7. The zero-order valence-corrected chi connectivity index (χ0v) is 32.4. The van der Waals surface area contributed by atoms with Crippen LogP contribution in [0.5, 0.6) is 0 Å². The van der Waals surface area contributed by atoms with Crippen LogP contribution in [0.15, 0.2) is 0 Å². The molecule has 0 bridgehead atoms. The van der Waals surface area contributed by atoms with Crippen LogP contribution in [0.1, 0.15) is 156 Å². The van der Waals surface area contributed by atoms with Crippen molar-refractivity contribution in [3.8, 4) is 0 Å². The number of hydrogen-bond donors (Lipinski definition) is 0. The molecule has 0 spiro atoms. The molecule has 0 aromatic heterocycles. The molecule has 0 aliphatic rings. The molecule has 0 amide bonds. The van der Waals surface area contributed by atoms with Crippen molar-refractivity contribution < 1.29 is 19.8 Å². The summed E-state index contributed by atoms with van der Waals surface area (Å²) >= 11 is 3.49. The first-order valence-corrected chi connectivity index (χ1v) is 18.2. The van der Waals surface area contributed by atoms with E-state index in [4.69, 9.17) is 0 Å². The van der Waals surface area contributed by atoms with Crippen molar-refractivity contribution in [3.63, 3.8) is 0 Å². The van der Waals surface area contributed by atoms with Gasteiger partial charge in [0.25, 0.3) is 0 Å². The van der Waals surface area contributed by atoms with Gasteiger partial charge < -0.3 is 19.8 Å². The number of carboxylic acids is 2. The molecule has 7 heteroatoms. The van der Waals surface area contributed by atoms with Gasteiger partial charge in [-0.05, 0) is 24.3 Å².